The van der Waals surface area contributed by atoms with Gasteiger partial charge in [-0.1, -0.05) is 0 Å². The number of carbonyl (C=O) groups excluding carboxylic acids is 2. The monoisotopic (exact) mass is 343 g/mol. The van der Waals surface area contributed by atoms with E-state index >= 15 is 0 Å². The third-order valence-electron chi connectivity index (χ3n) is 3.33. The van der Waals surface area contributed by atoms with E-state index in [1.807, 2.05) is 0 Å². The molecule has 0 fully saturated rings. The van der Waals surface area contributed by atoms with Crippen LogP contribution in [-0.2, 0) is 6.54 Å². The van der Waals surface area contributed by atoms with E-state index in [9.17, 15) is 14.0 Å². The van der Waals surface area contributed by atoms with Crippen LogP contribution >= 0.6 is 0 Å². The number of amides is 2. The minimum Gasteiger partial charge on any atom is -0.472 e. The molecule has 2 amide bonds. The Hall–Kier alpha value is -3.42. The SMILES string of the molecule is Cc1cnc(CNC(=O)c2ccc(F)cc2NC(=O)c2ccoc2)o1. The predicted octanol–water partition coefficient (Wildman–Crippen LogP) is 2.90. The van der Waals surface area contributed by atoms with Crippen LogP contribution in [0.15, 0.2) is 51.8 Å². The molecule has 3 aromatic rings. The lowest BCUT2D eigenvalue weighted by atomic mass is 10.1. The van der Waals surface area contributed by atoms with Gasteiger partial charge in [0.05, 0.1) is 35.8 Å². The van der Waals surface area contributed by atoms with Crippen LogP contribution in [0.2, 0.25) is 0 Å². The highest BCUT2D eigenvalue weighted by Gasteiger charge is 2.16. The van der Waals surface area contributed by atoms with Crippen molar-refractivity contribution in [3.8, 4) is 0 Å². The summed E-state index contributed by atoms with van der Waals surface area (Å²) < 4.78 is 23.6. The van der Waals surface area contributed by atoms with Gasteiger partial charge in [0.1, 0.15) is 17.8 Å². The van der Waals surface area contributed by atoms with Crippen molar-refractivity contribution in [2.45, 2.75) is 13.5 Å². The summed E-state index contributed by atoms with van der Waals surface area (Å²) in [6.07, 6.45) is 4.13. The molecule has 3 rings (SSSR count). The van der Waals surface area contributed by atoms with Crippen molar-refractivity contribution in [1.29, 1.82) is 0 Å². The Balaban J connectivity index is 1.76. The van der Waals surface area contributed by atoms with Gasteiger partial charge in [0.15, 0.2) is 0 Å². The largest absolute Gasteiger partial charge is 0.472 e. The average molecular weight is 343 g/mol. The fraction of sp³-hybridized carbons (Fsp3) is 0.118. The first-order chi connectivity index (χ1) is 12.0. The minimum atomic E-state index is -0.581. The Kier molecular flexibility index (Phi) is 4.60. The number of aryl methyl sites for hydroxylation is 1. The lowest BCUT2D eigenvalue weighted by Crippen LogP contribution is -2.25. The van der Waals surface area contributed by atoms with Crippen molar-refractivity contribution in [3.05, 3.63) is 71.6 Å². The number of rotatable bonds is 5. The Morgan fingerprint density at radius 3 is 2.76 bits per heavy atom. The topological polar surface area (TPSA) is 97.4 Å². The normalized spacial score (nSPS) is 10.5. The molecule has 7 nitrogen and oxygen atoms in total. The van der Waals surface area contributed by atoms with Gasteiger partial charge in [0.2, 0.25) is 5.89 Å². The van der Waals surface area contributed by atoms with Crippen LogP contribution in [0.4, 0.5) is 10.1 Å². The number of anilines is 1. The molecule has 0 aliphatic carbocycles. The van der Waals surface area contributed by atoms with E-state index in [0.717, 1.165) is 12.1 Å². The Morgan fingerprint density at radius 2 is 2.08 bits per heavy atom. The molecule has 2 heterocycles. The summed E-state index contributed by atoms with van der Waals surface area (Å²) >= 11 is 0. The molecule has 0 bridgehead atoms. The van der Waals surface area contributed by atoms with Gasteiger partial charge in [0, 0.05) is 0 Å². The fourth-order valence-corrected chi connectivity index (χ4v) is 2.14. The molecule has 128 valence electrons. The molecular weight excluding hydrogens is 329 g/mol. The molecule has 0 saturated carbocycles. The van der Waals surface area contributed by atoms with Gasteiger partial charge in [-0.05, 0) is 31.2 Å². The Labute approximate surface area is 141 Å². The lowest BCUT2D eigenvalue weighted by Gasteiger charge is -2.10. The molecule has 0 aliphatic rings. The first-order valence-corrected chi connectivity index (χ1v) is 7.35. The van der Waals surface area contributed by atoms with Gasteiger partial charge in [-0.15, -0.1) is 0 Å². The standard InChI is InChI=1S/C17H14FN3O4/c1-10-7-19-15(25-10)8-20-17(23)13-3-2-12(18)6-14(13)21-16(22)11-4-5-24-9-11/h2-7,9H,8H2,1H3,(H,20,23)(H,21,22). The Bertz CT molecular complexity index is 903. The lowest BCUT2D eigenvalue weighted by molar-refractivity contribution is 0.0948. The maximum absolute atomic E-state index is 13.5. The number of nitrogens with one attached hydrogen (secondary N) is 2. The number of furan rings is 1. The third-order valence-corrected chi connectivity index (χ3v) is 3.33. The van der Waals surface area contributed by atoms with E-state index in [2.05, 4.69) is 15.6 Å². The van der Waals surface area contributed by atoms with Crippen molar-refractivity contribution in [1.82, 2.24) is 10.3 Å². The molecule has 0 spiro atoms. The van der Waals surface area contributed by atoms with Gasteiger partial charge in [-0.25, -0.2) is 9.37 Å². The van der Waals surface area contributed by atoms with Crippen LogP contribution < -0.4 is 10.6 Å². The highest BCUT2D eigenvalue weighted by molar-refractivity contribution is 6.08. The zero-order valence-corrected chi connectivity index (χ0v) is 13.2. The van der Waals surface area contributed by atoms with Crippen molar-refractivity contribution < 1.29 is 22.8 Å². The van der Waals surface area contributed by atoms with Crippen molar-refractivity contribution in [2.24, 2.45) is 0 Å². The molecule has 0 radical (unpaired) electrons. The first kappa shape index (κ1) is 16.4. The van der Waals surface area contributed by atoms with Crippen LogP contribution in [-0.4, -0.2) is 16.8 Å². The van der Waals surface area contributed by atoms with Gasteiger partial charge in [0.25, 0.3) is 11.8 Å². The molecule has 0 atom stereocenters. The van der Waals surface area contributed by atoms with Crippen molar-refractivity contribution in [2.75, 3.05) is 5.32 Å². The zero-order valence-electron chi connectivity index (χ0n) is 13.2. The predicted molar refractivity (Wildman–Crippen MR) is 85.5 cm³/mol. The molecule has 0 saturated heterocycles. The number of aromatic nitrogens is 1. The van der Waals surface area contributed by atoms with Gasteiger partial charge >= 0.3 is 0 Å². The smallest absolute Gasteiger partial charge is 0.258 e. The maximum Gasteiger partial charge on any atom is 0.258 e. The summed E-state index contributed by atoms with van der Waals surface area (Å²) in [6.45, 7) is 1.81. The number of hydrogen-bond donors (Lipinski definition) is 2. The number of carbonyl (C=O) groups is 2. The van der Waals surface area contributed by atoms with E-state index in [1.54, 1.807) is 6.92 Å². The number of hydrogen-bond acceptors (Lipinski definition) is 5. The van der Waals surface area contributed by atoms with E-state index in [-0.39, 0.29) is 23.4 Å². The summed E-state index contributed by atoms with van der Waals surface area (Å²) in [5.74, 6) is -0.631. The molecule has 0 aliphatic heterocycles. The molecular formula is C17H14FN3O4. The van der Waals surface area contributed by atoms with Crippen LogP contribution in [0.5, 0.6) is 0 Å². The number of nitrogens with zero attached hydrogens (tertiary/aromatic N) is 1. The van der Waals surface area contributed by atoms with Crippen molar-refractivity contribution in [3.63, 3.8) is 0 Å². The minimum absolute atomic E-state index is 0.0484. The molecule has 2 N–H and O–H groups in total. The second kappa shape index (κ2) is 7.00. The highest BCUT2D eigenvalue weighted by Crippen LogP contribution is 2.19. The summed E-state index contributed by atoms with van der Waals surface area (Å²) in [6, 6.07) is 4.95. The number of oxazole rings is 1. The summed E-state index contributed by atoms with van der Waals surface area (Å²) in [5.41, 5.74) is 0.416. The second-order valence-corrected chi connectivity index (χ2v) is 5.20. The Morgan fingerprint density at radius 1 is 1.24 bits per heavy atom. The van der Waals surface area contributed by atoms with E-state index in [0.29, 0.717) is 11.7 Å². The fourth-order valence-electron chi connectivity index (χ4n) is 2.14. The molecule has 8 heteroatoms. The molecule has 0 unspecified atom stereocenters. The van der Waals surface area contributed by atoms with Crippen molar-refractivity contribution >= 4 is 17.5 Å². The van der Waals surface area contributed by atoms with Crippen LogP contribution in [0.25, 0.3) is 0 Å². The first-order valence-electron chi connectivity index (χ1n) is 7.35. The number of benzene rings is 1. The summed E-state index contributed by atoms with van der Waals surface area (Å²) in [4.78, 5) is 28.4. The van der Waals surface area contributed by atoms with Crippen LogP contribution in [0, 0.1) is 12.7 Å². The zero-order chi connectivity index (χ0) is 17.8. The van der Waals surface area contributed by atoms with Gasteiger partial charge in [-0.3, -0.25) is 9.59 Å². The maximum atomic E-state index is 13.5. The second-order valence-electron chi connectivity index (χ2n) is 5.20. The van der Waals surface area contributed by atoms with Crippen LogP contribution in [0.1, 0.15) is 32.4 Å². The summed E-state index contributed by atoms with van der Waals surface area (Å²) in [5, 5.41) is 5.11. The third kappa shape index (κ3) is 3.92. The van der Waals surface area contributed by atoms with E-state index in [4.69, 9.17) is 8.83 Å². The van der Waals surface area contributed by atoms with Crippen LogP contribution in [0.3, 0.4) is 0 Å². The summed E-state index contributed by atoms with van der Waals surface area (Å²) in [7, 11) is 0. The number of halogens is 1. The molecule has 1 aromatic carbocycles. The molecule has 2 aromatic heterocycles. The van der Waals surface area contributed by atoms with Gasteiger partial charge < -0.3 is 19.5 Å². The van der Waals surface area contributed by atoms with Gasteiger partial charge in [-0.2, -0.15) is 0 Å². The van der Waals surface area contributed by atoms with E-state index in [1.165, 1.54) is 30.9 Å². The average Bonchev–Trinajstić information content (AvgIpc) is 3.24. The highest BCUT2D eigenvalue weighted by atomic mass is 19.1. The van der Waals surface area contributed by atoms with E-state index < -0.39 is 17.6 Å². The molecule has 25 heavy (non-hydrogen) atoms. The quantitative estimate of drug-likeness (QED) is 0.742.